The first-order valence-electron chi connectivity index (χ1n) is 5.41. The van der Waals surface area contributed by atoms with E-state index in [-0.39, 0.29) is 5.69 Å². The van der Waals surface area contributed by atoms with Crippen LogP contribution in [0.3, 0.4) is 0 Å². The van der Waals surface area contributed by atoms with E-state index in [1.54, 1.807) is 6.20 Å². The van der Waals surface area contributed by atoms with E-state index in [1.165, 1.54) is 4.40 Å². The molecule has 0 amide bonds. The van der Waals surface area contributed by atoms with Crippen molar-refractivity contribution >= 4 is 32.3 Å². The second-order valence-corrected chi connectivity index (χ2v) is 4.10. The molecule has 0 aliphatic rings. The van der Waals surface area contributed by atoms with Crippen molar-refractivity contribution in [3.05, 3.63) is 45.4 Å². The molecule has 0 spiro atoms. The average Bonchev–Trinajstić information content (AvgIpc) is 2.75. The van der Waals surface area contributed by atoms with Gasteiger partial charge >= 0.3 is 5.69 Å². The Labute approximate surface area is 106 Å². The maximum atomic E-state index is 11.4. The largest absolute Gasteiger partial charge is 0.347 e. The number of aromatic nitrogens is 3. The number of hydrogen-bond acceptors (Lipinski definition) is 2. The molecular formula is C12H12BrN3O. The van der Waals surface area contributed by atoms with E-state index in [9.17, 15) is 4.79 Å². The Kier molecular flexibility index (Phi) is 3.28. The Morgan fingerprint density at radius 3 is 2.59 bits per heavy atom. The van der Waals surface area contributed by atoms with Crippen molar-refractivity contribution < 1.29 is 0 Å². The van der Waals surface area contributed by atoms with E-state index in [0.717, 1.165) is 15.2 Å². The third-order valence-electron chi connectivity index (χ3n) is 2.37. The molecule has 3 rings (SSSR count). The number of nitrogens with zero attached hydrogens (tertiary/aromatic N) is 2. The van der Waals surface area contributed by atoms with Crippen LogP contribution in [-0.4, -0.2) is 14.6 Å². The van der Waals surface area contributed by atoms with E-state index in [2.05, 4.69) is 26.1 Å². The molecule has 4 nitrogen and oxygen atoms in total. The van der Waals surface area contributed by atoms with Gasteiger partial charge in [-0.1, -0.05) is 38.1 Å². The lowest BCUT2D eigenvalue weighted by atomic mass is 10.2. The first-order chi connectivity index (χ1) is 8.27. The molecule has 5 heteroatoms. The summed E-state index contributed by atoms with van der Waals surface area (Å²) in [4.78, 5) is 11.4. The van der Waals surface area contributed by atoms with Gasteiger partial charge in [-0.15, -0.1) is 0 Å². The van der Waals surface area contributed by atoms with Crippen molar-refractivity contribution in [1.29, 1.82) is 0 Å². The highest BCUT2D eigenvalue weighted by atomic mass is 79.9. The summed E-state index contributed by atoms with van der Waals surface area (Å²) in [5, 5.41) is 8.42. The summed E-state index contributed by atoms with van der Waals surface area (Å²) in [7, 11) is 0. The van der Waals surface area contributed by atoms with Gasteiger partial charge in [0.25, 0.3) is 0 Å². The molecule has 3 aromatic rings. The summed E-state index contributed by atoms with van der Waals surface area (Å²) in [6.45, 7) is 4.00. The van der Waals surface area contributed by atoms with Crippen LogP contribution in [0.5, 0.6) is 0 Å². The van der Waals surface area contributed by atoms with Crippen molar-refractivity contribution in [3.8, 4) is 0 Å². The molecule has 2 aromatic heterocycles. The van der Waals surface area contributed by atoms with Crippen molar-refractivity contribution in [2.45, 2.75) is 13.8 Å². The molecule has 0 radical (unpaired) electrons. The molecule has 0 atom stereocenters. The van der Waals surface area contributed by atoms with Gasteiger partial charge < -0.3 is 0 Å². The van der Waals surface area contributed by atoms with Crippen LogP contribution in [0.25, 0.3) is 16.4 Å². The molecule has 0 aliphatic heterocycles. The summed E-state index contributed by atoms with van der Waals surface area (Å²) in [5.74, 6) is 0. The highest BCUT2D eigenvalue weighted by Crippen LogP contribution is 2.25. The van der Waals surface area contributed by atoms with Gasteiger partial charge in [0, 0.05) is 21.4 Å². The fourth-order valence-electron chi connectivity index (χ4n) is 1.68. The zero-order valence-electron chi connectivity index (χ0n) is 9.57. The number of nitrogens with one attached hydrogen (secondary N) is 1. The zero-order chi connectivity index (χ0) is 12.4. The Bertz CT molecular complexity index is 714. The van der Waals surface area contributed by atoms with E-state index >= 15 is 0 Å². The number of H-pyrrole nitrogens is 1. The van der Waals surface area contributed by atoms with Crippen LogP contribution in [0.15, 0.2) is 39.7 Å². The second-order valence-electron chi connectivity index (χ2n) is 3.24. The van der Waals surface area contributed by atoms with E-state index < -0.39 is 0 Å². The zero-order valence-corrected chi connectivity index (χ0v) is 11.2. The normalized spacial score (nSPS) is 10.3. The smallest absolute Gasteiger partial charge is 0.249 e. The molecule has 0 bridgehead atoms. The average molecular weight is 294 g/mol. The number of benzene rings is 1. The van der Waals surface area contributed by atoms with Gasteiger partial charge in [-0.05, 0) is 15.9 Å². The van der Waals surface area contributed by atoms with Crippen LogP contribution in [0, 0.1) is 0 Å². The lowest BCUT2D eigenvalue weighted by Crippen LogP contribution is -2.08. The highest BCUT2D eigenvalue weighted by molar-refractivity contribution is 9.10. The van der Waals surface area contributed by atoms with Gasteiger partial charge in [-0.2, -0.15) is 5.10 Å². The number of rotatable bonds is 0. The molecule has 17 heavy (non-hydrogen) atoms. The third kappa shape index (κ3) is 1.86. The van der Waals surface area contributed by atoms with Crippen molar-refractivity contribution in [2.75, 3.05) is 0 Å². The Hall–Kier alpha value is -1.62. The number of hydrogen-bond donors (Lipinski definition) is 1. The van der Waals surface area contributed by atoms with Crippen LogP contribution >= 0.6 is 15.9 Å². The number of aromatic amines is 1. The molecule has 0 aliphatic carbocycles. The maximum absolute atomic E-state index is 11.4. The maximum Gasteiger partial charge on any atom is 0.347 e. The molecule has 0 unspecified atom stereocenters. The predicted molar refractivity (Wildman–Crippen MR) is 72.4 cm³/mol. The van der Waals surface area contributed by atoms with Crippen LogP contribution in [0.2, 0.25) is 0 Å². The summed E-state index contributed by atoms with van der Waals surface area (Å²) in [5.41, 5.74) is 0.426. The van der Waals surface area contributed by atoms with Crippen LogP contribution in [0.1, 0.15) is 13.8 Å². The van der Waals surface area contributed by atoms with Crippen LogP contribution in [0.4, 0.5) is 0 Å². The van der Waals surface area contributed by atoms with Crippen molar-refractivity contribution in [2.24, 2.45) is 0 Å². The summed E-state index contributed by atoms with van der Waals surface area (Å²) in [6.07, 6.45) is 1.73. The van der Waals surface area contributed by atoms with E-state index in [4.69, 9.17) is 0 Å². The minimum atomic E-state index is -0.226. The minimum absolute atomic E-state index is 0.226. The fourth-order valence-corrected chi connectivity index (χ4v) is 2.23. The first-order valence-corrected chi connectivity index (χ1v) is 6.20. The Morgan fingerprint density at radius 1 is 1.24 bits per heavy atom. The Morgan fingerprint density at radius 2 is 1.88 bits per heavy atom. The Balaban J connectivity index is 0.000000514. The quantitative estimate of drug-likeness (QED) is 0.693. The molecule has 1 aromatic carbocycles. The van der Waals surface area contributed by atoms with E-state index in [0.29, 0.717) is 5.65 Å². The molecule has 0 saturated heterocycles. The molecular weight excluding hydrogens is 282 g/mol. The second kappa shape index (κ2) is 4.71. The van der Waals surface area contributed by atoms with Gasteiger partial charge in [0.15, 0.2) is 5.65 Å². The van der Waals surface area contributed by atoms with Gasteiger partial charge in [-0.25, -0.2) is 14.3 Å². The van der Waals surface area contributed by atoms with Gasteiger partial charge in [0.1, 0.15) is 0 Å². The highest BCUT2D eigenvalue weighted by Gasteiger charge is 2.07. The molecule has 0 saturated carbocycles. The number of pyridine rings is 1. The topological polar surface area (TPSA) is 50.2 Å². The predicted octanol–water partition coefficient (Wildman–Crippen LogP) is 2.96. The molecule has 88 valence electrons. The summed E-state index contributed by atoms with van der Waals surface area (Å²) < 4.78 is 2.38. The van der Waals surface area contributed by atoms with Gasteiger partial charge in [0.2, 0.25) is 0 Å². The SMILES string of the molecule is CC.O=c1[nH]nc2c3ccccc3c(Br)cn12. The molecule has 1 N–H and O–H groups in total. The summed E-state index contributed by atoms with van der Waals surface area (Å²) >= 11 is 3.44. The van der Waals surface area contributed by atoms with Gasteiger partial charge in [0.05, 0.1) is 0 Å². The van der Waals surface area contributed by atoms with Gasteiger partial charge in [-0.3, -0.25) is 0 Å². The lowest BCUT2D eigenvalue weighted by Gasteiger charge is -2.01. The molecule has 2 heterocycles. The monoisotopic (exact) mass is 293 g/mol. The third-order valence-corrected chi connectivity index (χ3v) is 3.00. The fraction of sp³-hybridized carbons (Fsp3) is 0.167. The summed E-state index contributed by atoms with van der Waals surface area (Å²) in [6, 6.07) is 7.80. The standard InChI is InChI=1S/C10H6BrN3O.C2H6/c11-8-5-14-9(12-13-10(14)15)7-4-2-1-3-6(7)8;1-2/h1-5H,(H,13,15);1-2H3. The number of halogens is 1. The van der Waals surface area contributed by atoms with Crippen molar-refractivity contribution in [3.63, 3.8) is 0 Å². The number of fused-ring (bicyclic) bond motifs is 3. The van der Waals surface area contributed by atoms with Crippen molar-refractivity contribution in [1.82, 2.24) is 14.6 Å². The first kappa shape index (κ1) is 11.9. The minimum Gasteiger partial charge on any atom is -0.249 e. The lowest BCUT2D eigenvalue weighted by molar-refractivity contribution is 1.02. The van der Waals surface area contributed by atoms with E-state index in [1.807, 2.05) is 38.1 Å². The van der Waals surface area contributed by atoms with Crippen LogP contribution < -0.4 is 5.69 Å². The van der Waals surface area contributed by atoms with Crippen LogP contribution in [-0.2, 0) is 0 Å². The molecule has 0 fully saturated rings.